The fourth-order valence-corrected chi connectivity index (χ4v) is 3.46. The van der Waals surface area contributed by atoms with Gasteiger partial charge in [-0.05, 0) is 36.3 Å². The second-order valence-electron chi connectivity index (χ2n) is 7.15. The van der Waals surface area contributed by atoms with Gasteiger partial charge in [-0.15, -0.1) is 0 Å². The zero-order valence-electron chi connectivity index (χ0n) is 15.0. The van der Waals surface area contributed by atoms with Crippen LogP contribution >= 0.6 is 0 Å². The predicted molar refractivity (Wildman–Crippen MR) is 90.3 cm³/mol. The smallest absolute Gasteiger partial charge is 0.384 e. The Morgan fingerprint density at radius 1 is 1.32 bits per heavy atom. The van der Waals surface area contributed by atoms with E-state index in [1.807, 2.05) is 6.92 Å². The molecule has 1 aliphatic rings. The molecular weight excluding hydrogens is 331 g/mol. The van der Waals surface area contributed by atoms with Crippen LogP contribution in [-0.2, 0) is 15.7 Å². The molecule has 1 saturated heterocycles. The summed E-state index contributed by atoms with van der Waals surface area (Å²) in [6.45, 7) is 5.87. The normalized spacial score (nSPS) is 18.9. The van der Waals surface area contributed by atoms with Crippen molar-refractivity contribution in [2.45, 2.75) is 45.2 Å². The Balaban J connectivity index is 2.12. The molecule has 1 aliphatic heterocycles. The number of hydrogen-bond acceptors (Lipinski definition) is 2. The van der Waals surface area contributed by atoms with E-state index in [2.05, 4.69) is 6.92 Å². The molecule has 1 heterocycles. The average Bonchev–Trinajstić information content (AvgIpc) is 2.55. The SMILES string of the molecule is CC[C@H](C(=O)N1CCC(C)(COC)CC1)c1cccc(C(F)(F)F)c1. The third-order valence-electron chi connectivity index (χ3n) is 5.10. The van der Waals surface area contributed by atoms with Gasteiger partial charge in [0.1, 0.15) is 0 Å². The predicted octanol–water partition coefficient (Wildman–Crippen LogP) is 4.47. The first kappa shape index (κ1) is 19.8. The number of likely N-dealkylation sites (tertiary alicyclic amines) is 1. The maximum Gasteiger partial charge on any atom is 0.416 e. The molecule has 1 amide bonds. The topological polar surface area (TPSA) is 29.5 Å². The standard InChI is InChI=1S/C19H26F3NO2/c1-4-16(14-6-5-7-15(12-14)19(20,21)22)17(24)23-10-8-18(2,9-11-23)13-25-3/h5-7,12,16H,4,8-11,13H2,1-3H3/t16-/m0/s1. The van der Waals surface area contributed by atoms with Crippen LogP contribution in [0.5, 0.6) is 0 Å². The van der Waals surface area contributed by atoms with Crippen LogP contribution in [0.25, 0.3) is 0 Å². The van der Waals surface area contributed by atoms with Gasteiger partial charge in [0, 0.05) is 20.2 Å². The molecule has 1 fully saturated rings. The number of ether oxygens (including phenoxy) is 1. The largest absolute Gasteiger partial charge is 0.416 e. The van der Waals surface area contributed by atoms with Crippen molar-refractivity contribution < 1.29 is 22.7 Å². The number of carbonyl (C=O) groups excluding carboxylic acids is 1. The fraction of sp³-hybridized carbons (Fsp3) is 0.632. The van der Waals surface area contributed by atoms with Crippen LogP contribution in [0.15, 0.2) is 24.3 Å². The van der Waals surface area contributed by atoms with Crippen molar-refractivity contribution in [1.29, 1.82) is 0 Å². The van der Waals surface area contributed by atoms with E-state index < -0.39 is 17.7 Å². The first-order valence-electron chi connectivity index (χ1n) is 8.65. The van der Waals surface area contributed by atoms with Gasteiger partial charge in [-0.1, -0.05) is 32.0 Å². The van der Waals surface area contributed by atoms with Crippen molar-refractivity contribution in [2.75, 3.05) is 26.8 Å². The minimum atomic E-state index is -4.40. The summed E-state index contributed by atoms with van der Waals surface area (Å²) in [5.41, 5.74) is -0.209. The van der Waals surface area contributed by atoms with Crippen LogP contribution in [0.1, 0.15) is 50.2 Å². The highest BCUT2D eigenvalue weighted by atomic mass is 19.4. The van der Waals surface area contributed by atoms with Gasteiger partial charge in [-0.3, -0.25) is 4.79 Å². The number of piperidine rings is 1. The molecule has 0 aliphatic carbocycles. The van der Waals surface area contributed by atoms with E-state index in [-0.39, 0.29) is 11.3 Å². The maximum atomic E-state index is 12.9. The van der Waals surface area contributed by atoms with Crippen LogP contribution in [0.3, 0.4) is 0 Å². The summed E-state index contributed by atoms with van der Waals surface area (Å²) < 4.78 is 44.1. The zero-order valence-corrected chi connectivity index (χ0v) is 15.0. The molecule has 0 N–H and O–H groups in total. The van der Waals surface area contributed by atoms with Crippen LogP contribution < -0.4 is 0 Å². The Bertz CT molecular complexity index is 593. The highest BCUT2D eigenvalue weighted by Crippen LogP contribution is 2.35. The molecular formula is C19H26F3NO2. The monoisotopic (exact) mass is 357 g/mol. The van der Waals surface area contributed by atoms with Crippen molar-refractivity contribution in [2.24, 2.45) is 5.41 Å². The molecule has 2 rings (SSSR count). The summed E-state index contributed by atoms with van der Waals surface area (Å²) >= 11 is 0. The molecule has 3 nitrogen and oxygen atoms in total. The van der Waals surface area contributed by atoms with Crippen molar-refractivity contribution in [3.63, 3.8) is 0 Å². The number of carbonyl (C=O) groups is 1. The lowest BCUT2D eigenvalue weighted by molar-refractivity contribution is -0.138. The third-order valence-corrected chi connectivity index (χ3v) is 5.10. The van der Waals surface area contributed by atoms with Gasteiger partial charge in [0.25, 0.3) is 0 Å². The number of hydrogen-bond donors (Lipinski definition) is 0. The van der Waals surface area contributed by atoms with Crippen LogP contribution in [0.4, 0.5) is 13.2 Å². The number of methoxy groups -OCH3 is 1. The number of nitrogens with zero attached hydrogens (tertiary/aromatic N) is 1. The Morgan fingerprint density at radius 3 is 2.48 bits per heavy atom. The maximum absolute atomic E-state index is 12.9. The fourth-order valence-electron chi connectivity index (χ4n) is 3.46. The Kier molecular flexibility index (Phi) is 6.14. The van der Waals surface area contributed by atoms with Crippen LogP contribution in [0.2, 0.25) is 0 Å². The van der Waals surface area contributed by atoms with Gasteiger partial charge in [0.05, 0.1) is 18.1 Å². The molecule has 0 bridgehead atoms. The molecule has 0 unspecified atom stereocenters. The van der Waals surface area contributed by atoms with Crippen LogP contribution in [0, 0.1) is 5.41 Å². The van der Waals surface area contributed by atoms with Gasteiger partial charge in [-0.25, -0.2) is 0 Å². The molecule has 0 saturated carbocycles. The highest BCUT2D eigenvalue weighted by Gasteiger charge is 2.35. The van der Waals surface area contributed by atoms with Gasteiger partial charge in [-0.2, -0.15) is 13.2 Å². The molecule has 140 valence electrons. The molecule has 1 aromatic rings. The quantitative estimate of drug-likeness (QED) is 0.778. The molecule has 0 radical (unpaired) electrons. The van der Waals surface area contributed by atoms with E-state index in [0.717, 1.165) is 25.0 Å². The van der Waals surface area contributed by atoms with Crippen molar-refractivity contribution in [3.05, 3.63) is 35.4 Å². The first-order chi connectivity index (χ1) is 11.7. The van der Waals surface area contributed by atoms with E-state index in [0.29, 0.717) is 31.7 Å². The zero-order chi connectivity index (χ0) is 18.7. The van der Waals surface area contributed by atoms with E-state index in [1.165, 1.54) is 6.07 Å². The van der Waals surface area contributed by atoms with E-state index >= 15 is 0 Å². The van der Waals surface area contributed by atoms with Gasteiger partial charge in [0.15, 0.2) is 0 Å². The number of alkyl halides is 3. The van der Waals surface area contributed by atoms with E-state index in [1.54, 1.807) is 18.1 Å². The summed E-state index contributed by atoms with van der Waals surface area (Å²) in [5.74, 6) is -0.615. The van der Waals surface area contributed by atoms with Gasteiger partial charge < -0.3 is 9.64 Å². The lowest BCUT2D eigenvalue weighted by Gasteiger charge is -2.40. The molecule has 0 spiro atoms. The lowest BCUT2D eigenvalue weighted by Crippen LogP contribution is -2.45. The van der Waals surface area contributed by atoms with Crippen LogP contribution in [-0.4, -0.2) is 37.6 Å². The second kappa shape index (κ2) is 7.77. The van der Waals surface area contributed by atoms with Gasteiger partial charge in [0.2, 0.25) is 5.91 Å². The Hall–Kier alpha value is -1.56. The number of amides is 1. The first-order valence-corrected chi connectivity index (χ1v) is 8.65. The summed E-state index contributed by atoms with van der Waals surface area (Å²) in [6, 6.07) is 5.13. The van der Waals surface area contributed by atoms with Gasteiger partial charge >= 0.3 is 6.18 Å². The van der Waals surface area contributed by atoms with E-state index in [4.69, 9.17) is 4.74 Å². The lowest BCUT2D eigenvalue weighted by atomic mass is 9.80. The minimum absolute atomic E-state index is 0.0590. The van der Waals surface area contributed by atoms with Crippen molar-refractivity contribution in [1.82, 2.24) is 4.90 Å². The third kappa shape index (κ3) is 4.75. The average molecular weight is 357 g/mol. The summed E-state index contributed by atoms with van der Waals surface area (Å²) in [5, 5.41) is 0. The molecule has 6 heteroatoms. The Morgan fingerprint density at radius 2 is 1.96 bits per heavy atom. The Labute approximate surface area is 147 Å². The summed E-state index contributed by atoms with van der Waals surface area (Å²) in [7, 11) is 1.67. The molecule has 1 aromatic carbocycles. The minimum Gasteiger partial charge on any atom is -0.384 e. The van der Waals surface area contributed by atoms with E-state index in [9.17, 15) is 18.0 Å². The molecule has 0 aromatic heterocycles. The summed E-state index contributed by atoms with van der Waals surface area (Å²) in [6.07, 6.45) is -2.24. The number of rotatable bonds is 5. The summed E-state index contributed by atoms with van der Waals surface area (Å²) in [4.78, 5) is 14.7. The second-order valence-corrected chi connectivity index (χ2v) is 7.15. The molecule has 25 heavy (non-hydrogen) atoms. The van der Waals surface area contributed by atoms with Crippen molar-refractivity contribution in [3.8, 4) is 0 Å². The highest BCUT2D eigenvalue weighted by molar-refractivity contribution is 5.83. The number of benzene rings is 1. The number of halogens is 3. The van der Waals surface area contributed by atoms with Crippen molar-refractivity contribution >= 4 is 5.91 Å². The molecule has 1 atom stereocenters.